The van der Waals surface area contributed by atoms with Crippen LogP contribution in [0.5, 0.6) is 0 Å². The predicted molar refractivity (Wildman–Crippen MR) is 78.6 cm³/mol. The first-order chi connectivity index (χ1) is 8.10. The monoisotopic (exact) mass is 296 g/mol. The van der Waals surface area contributed by atoms with Gasteiger partial charge in [0.05, 0.1) is 7.11 Å². The van der Waals surface area contributed by atoms with E-state index < -0.39 is 0 Å². The number of carbonyl (C=O) groups is 2. The SMILES string of the molecule is COC(=O)CCCCC(CCSS)SC(C)=O. The predicted octanol–water partition coefficient (Wildman–Crippen LogP) is 3.34. The minimum absolute atomic E-state index is 0.159. The van der Waals surface area contributed by atoms with E-state index in [1.165, 1.54) is 29.7 Å². The van der Waals surface area contributed by atoms with E-state index in [4.69, 9.17) is 0 Å². The van der Waals surface area contributed by atoms with Gasteiger partial charge in [0.25, 0.3) is 0 Å². The van der Waals surface area contributed by atoms with Crippen LogP contribution in [0.2, 0.25) is 0 Å². The number of carbonyl (C=O) groups excluding carboxylic acids is 2. The van der Waals surface area contributed by atoms with Gasteiger partial charge < -0.3 is 4.74 Å². The van der Waals surface area contributed by atoms with Crippen molar-refractivity contribution in [2.24, 2.45) is 0 Å². The fourth-order valence-electron chi connectivity index (χ4n) is 1.42. The number of esters is 1. The van der Waals surface area contributed by atoms with Gasteiger partial charge in [-0.3, -0.25) is 9.59 Å². The molecular formula is C11H20O3S3. The minimum Gasteiger partial charge on any atom is -0.469 e. The van der Waals surface area contributed by atoms with Gasteiger partial charge in [-0.1, -0.05) is 29.0 Å². The normalized spacial score (nSPS) is 12.2. The van der Waals surface area contributed by atoms with E-state index in [1.54, 1.807) is 6.92 Å². The van der Waals surface area contributed by atoms with Gasteiger partial charge in [0.2, 0.25) is 0 Å². The summed E-state index contributed by atoms with van der Waals surface area (Å²) in [5.74, 6) is 0.789. The average molecular weight is 296 g/mol. The summed E-state index contributed by atoms with van der Waals surface area (Å²) in [4.78, 5) is 22.0. The fraction of sp³-hybridized carbons (Fsp3) is 0.818. The molecule has 0 aliphatic heterocycles. The second-order valence-corrected chi connectivity index (χ2v) is 6.59. The summed E-state index contributed by atoms with van der Waals surface area (Å²) < 4.78 is 4.58. The molecule has 3 nitrogen and oxygen atoms in total. The Morgan fingerprint density at radius 2 is 2.00 bits per heavy atom. The maximum absolute atomic E-state index is 11.1. The Labute approximate surface area is 117 Å². The van der Waals surface area contributed by atoms with Crippen molar-refractivity contribution >= 4 is 45.3 Å². The minimum atomic E-state index is -0.160. The summed E-state index contributed by atoms with van der Waals surface area (Å²) in [7, 11) is 2.90. The molecule has 0 fully saturated rings. The first kappa shape index (κ1) is 17.2. The van der Waals surface area contributed by atoms with Crippen molar-refractivity contribution in [3.8, 4) is 0 Å². The van der Waals surface area contributed by atoms with Crippen LogP contribution >= 0.6 is 34.2 Å². The lowest BCUT2D eigenvalue weighted by Gasteiger charge is -2.13. The summed E-state index contributed by atoms with van der Waals surface area (Å²) in [6.45, 7) is 1.60. The first-order valence-electron chi connectivity index (χ1n) is 5.60. The smallest absolute Gasteiger partial charge is 0.305 e. The van der Waals surface area contributed by atoms with Gasteiger partial charge in [0.1, 0.15) is 0 Å². The van der Waals surface area contributed by atoms with Crippen LogP contribution in [0.25, 0.3) is 0 Å². The third-order valence-electron chi connectivity index (χ3n) is 2.25. The van der Waals surface area contributed by atoms with E-state index in [0.717, 1.165) is 31.4 Å². The summed E-state index contributed by atoms with van der Waals surface area (Å²) in [5.41, 5.74) is 0. The molecule has 0 aliphatic rings. The van der Waals surface area contributed by atoms with Crippen molar-refractivity contribution < 1.29 is 14.3 Å². The van der Waals surface area contributed by atoms with Crippen LogP contribution in [0.4, 0.5) is 0 Å². The third-order valence-corrected chi connectivity index (χ3v) is 4.35. The number of thiol groups is 1. The number of methoxy groups -OCH3 is 1. The summed E-state index contributed by atoms with van der Waals surface area (Å²) in [6, 6.07) is 0. The van der Waals surface area contributed by atoms with Crippen LogP contribution in [-0.2, 0) is 14.3 Å². The summed E-state index contributed by atoms with van der Waals surface area (Å²) in [5, 5.41) is 0.511. The van der Waals surface area contributed by atoms with Gasteiger partial charge in [0, 0.05) is 24.3 Å². The molecule has 6 heteroatoms. The highest BCUT2D eigenvalue weighted by molar-refractivity contribution is 8.68. The molecule has 0 rings (SSSR count). The van der Waals surface area contributed by atoms with E-state index in [2.05, 4.69) is 16.4 Å². The standard InChI is InChI=1S/C11H20O3S3/c1-9(12)17-10(7-8-16-15)5-3-4-6-11(13)14-2/h10,15H,3-8H2,1-2H3. The molecule has 0 spiro atoms. The van der Waals surface area contributed by atoms with E-state index >= 15 is 0 Å². The Bertz CT molecular complexity index is 234. The Kier molecular flexibility index (Phi) is 11.4. The molecule has 0 aromatic heterocycles. The van der Waals surface area contributed by atoms with Crippen LogP contribution in [0.15, 0.2) is 0 Å². The molecule has 0 heterocycles. The van der Waals surface area contributed by atoms with E-state index in [-0.39, 0.29) is 11.1 Å². The van der Waals surface area contributed by atoms with Crippen LogP contribution < -0.4 is 0 Å². The number of thioether (sulfide) groups is 1. The number of hydrogen-bond donors (Lipinski definition) is 1. The Morgan fingerprint density at radius 3 is 2.53 bits per heavy atom. The van der Waals surface area contributed by atoms with Crippen LogP contribution in [0, 0.1) is 0 Å². The van der Waals surface area contributed by atoms with Crippen LogP contribution in [0.1, 0.15) is 39.0 Å². The molecule has 0 bridgehead atoms. The maximum atomic E-state index is 11.1. The summed E-state index contributed by atoms with van der Waals surface area (Å²) in [6.07, 6.45) is 4.20. The number of unbranched alkanes of at least 4 members (excludes halogenated alkanes) is 1. The Hall–Kier alpha value is 0.190. The van der Waals surface area contributed by atoms with Crippen molar-refractivity contribution in [3.05, 3.63) is 0 Å². The molecule has 0 radical (unpaired) electrons. The topological polar surface area (TPSA) is 43.4 Å². The molecular weight excluding hydrogens is 276 g/mol. The highest BCUT2D eigenvalue weighted by Gasteiger charge is 2.12. The van der Waals surface area contributed by atoms with Gasteiger partial charge in [-0.25, -0.2) is 0 Å². The maximum Gasteiger partial charge on any atom is 0.305 e. The molecule has 1 atom stereocenters. The van der Waals surface area contributed by atoms with Gasteiger partial charge in [0.15, 0.2) is 5.12 Å². The van der Waals surface area contributed by atoms with Crippen LogP contribution in [-0.4, -0.2) is 29.2 Å². The van der Waals surface area contributed by atoms with Gasteiger partial charge in [-0.05, 0) is 19.3 Å². The lowest BCUT2D eigenvalue weighted by atomic mass is 10.1. The van der Waals surface area contributed by atoms with Crippen molar-refractivity contribution in [2.75, 3.05) is 12.9 Å². The zero-order chi connectivity index (χ0) is 13.1. The molecule has 0 saturated heterocycles. The second kappa shape index (κ2) is 11.3. The average Bonchev–Trinajstić information content (AvgIpc) is 2.30. The molecule has 0 amide bonds. The molecule has 0 aromatic rings. The van der Waals surface area contributed by atoms with Gasteiger partial charge in [-0.2, -0.15) is 0 Å². The molecule has 100 valence electrons. The zero-order valence-electron chi connectivity index (χ0n) is 10.3. The molecule has 0 aromatic carbocycles. The lowest BCUT2D eigenvalue weighted by Crippen LogP contribution is -2.07. The molecule has 0 N–H and O–H groups in total. The highest BCUT2D eigenvalue weighted by atomic mass is 33.1. The van der Waals surface area contributed by atoms with E-state index in [1.807, 2.05) is 0 Å². The fourth-order valence-corrected chi connectivity index (χ4v) is 3.27. The van der Waals surface area contributed by atoms with Crippen molar-refractivity contribution in [3.63, 3.8) is 0 Å². The zero-order valence-corrected chi connectivity index (χ0v) is 12.8. The van der Waals surface area contributed by atoms with Gasteiger partial charge in [-0.15, -0.1) is 11.7 Å². The number of ether oxygens (including phenoxy) is 1. The Morgan fingerprint density at radius 1 is 1.29 bits per heavy atom. The van der Waals surface area contributed by atoms with Crippen molar-refractivity contribution in [1.82, 2.24) is 0 Å². The molecule has 17 heavy (non-hydrogen) atoms. The van der Waals surface area contributed by atoms with E-state index in [9.17, 15) is 9.59 Å². The van der Waals surface area contributed by atoms with E-state index in [0.29, 0.717) is 11.7 Å². The highest BCUT2D eigenvalue weighted by Crippen LogP contribution is 2.24. The number of hydrogen-bond acceptors (Lipinski definition) is 6. The van der Waals surface area contributed by atoms with Crippen LogP contribution in [0.3, 0.4) is 0 Å². The number of rotatable bonds is 9. The Balaban J connectivity index is 3.74. The third kappa shape index (κ3) is 11.0. The van der Waals surface area contributed by atoms with Crippen molar-refractivity contribution in [1.29, 1.82) is 0 Å². The largest absolute Gasteiger partial charge is 0.469 e. The second-order valence-electron chi connectivity index (χ2n) is 3.68. The first-order valence-corrected chi connectivity index (χ1v) is 8.52. The summed E-state index contributed by atoms with van der Waals surface area (Å²) >= 11 is 5.50. The lowest BCUT2D eigenvalue weighted by molar-refractivity contribution is -0.140. The molecule has 0 aliphatic carbocycles. The van der Waals surface area contributed by atoms with Gasteiger partial charge >= 0.3 is 5.97 Å². The quantitative estimate of drug-likeness (QED) is 0.306. The molecule has 1 unspecified atom stereocenters. The molecule has 0 saturated carbocycles. The van der Waals surface area contributed by atoms with Crippen molar-refractivity contribution in [2.45, 2.75) is 44.3 Å².